The van der Waals surface area contributed by atoms with Crippen LogP contribution in [0.1, 0.15) is 34.3 Å². The molecule has 0 spiro atoms. The van der Waals surface area contributed by atoms with Crippen LogP contribution in [0.4, 0.5) is 19.0 Å². The smallest absolute Gasteiger partial charge is 0.417 e. The summed E-state index contributed by atoms with van der Waals surface area (Å²) in [5, 5.41) is 12.3. The molecule has 1 fully saturated rings. The molecule has 5 nitrogen and oxygen atoms in total. The number of nitrogens with one attached hydrogen (secondary N) is 1. The number of halogens is 3. The van der Waals surface area contributed by atoms with Crippen LogP contribution in [0.3, 0.4) is 0 Å². The summed E-state index contributed by atoms with van der Waals surface area (Å²) in [5.41, 5.74) is 0.527. The second kappa shape index (κ2) is 7.96. The van der Waals surface area contributed by atoms with Gasteiger partial charge in [0.15, 0.2) is 0 Å². The van der Waals surface area contributed by atoms with Crippen molar-refractivity contribution in [3.05, 3.63) is 59.3 Å². The number of pyridine rings is 1. The van der Waals surface area contributed by atoms with Crippen molar-refractivity contribution in [2.75, 3.05) is 18.0 Å². The van der Waals surface area contributed by atoms with E-state index in [1.807, 2.05) is 4.90 Å². The number of rotatable bonds is 5. The van der Waals surface area contributed by atoms with Crippen molar-refractivity contribution in [3.8, 4) is 0 Å². The molecule has 0 radical (unpaired) electrons. The lowest BCUT2D eigenvalue weighted by Gasteiger charge is -2.33. The molecular weight excluding hydrogens is 359 g/mol. The van der Waals surface area contributed by atoms with Gasteiger partial charge in [0.2, 0.25) is 0 Å². The highest BCUT2D eigenvalue weighted by atomic mass is 19.4. The maximum Gasteiger partial charge on any atom is 0.417 e. The minimum atomic E-state index is -4.37. The average Bonchev–Trinajstić information content (AvgIpc) is 2.66. The fourth-order valence-corrected chi connectivity index (χ4v) is 3.08. The lowest BCUT2D eigenvalue weighted by Crippen LogP contribution is -2.42. The van der Waals surface area contributed by atoms with Crippen LogP contribution in [-0.4, -0.2) is 35.2 Å². The zero-order chi connectivity index (χ0) is 19.4. The predicted octanol–water partition coefficient (Wildman–Crippen LogP) is 3.56. The van der Waals surface area contributed by atoms with Gasteiger partial charge in [-0.15, -0.1) is 0 Å². The summed E-state index contributed by atoms with van der Waals surface area (Å²) >= 11 is 0. The first-order valence-corrected chi connectivity index (χ1v) is 8.67. The second-order valence-electron chi connectivity index (χ2n) is 6.55. The van der Waals surface area contributed by atoms with Crippen LogP contribution < -0.4 is 10.2 Å². The molecule has 1 aliphatic rings. The number of aromatic carboxylic acids is 1. The molecule has 3 rings (SSSR count). The van der Waals surface area contributed by atoms with E-state index in [4.69, 9.17) is 5.11 Å². The molecular formula is C19H20F3N3O2. The van der Waals surface area contributed by atoms with Crippen molar-refractivity contribution >= 4 is 11.8 Å². The summed E-state index contributed by atoms with van der Waals surface area (Å²) in [5.74, 6) is -0.385. The minimum absolute atomic E-state index is 0.260. The minimum Gasteiger partial charge on any atom is -0.478 e. The van der Waals surface area contributed by atoms with Gasteiger partial charge in [0, 0.05) is 31.9 Å². The monoisotopic (exact) mass is 379 g/mol. The highest BCUT2D eigenvalue weighted by molar-refractivity contribution is 5.87. The fraction of sp³-hybridized carbons (Fsp3) is 0.368. The number of carboxylic acid groups (broad SMARTS) is 1. The quantitative estimate of drug-likeness (QED) is 0.832. The van der Waals surface area contributed by atoms with E-state index in [0.29, 0.717) is 31.5 Å². The molecule has 0 saturated carbocycles. The molecule has 0 bridgehead atoms. The zero-order valence-corrected chi connectivity index (χ0v) is 14.5. The number of nitrogens with zero attached hydrogens (tertiary/aromatic N) is 2. The van der Waals surface area contributed by atoms with Crippen LogP contribution in [0.5, 0.6) is 0 Å². The first-order valence-electron chi connectivity index (χ1n) is 8.67. The lowest BCUT2D eigenvalue weighted by molar-refractivity contribution is -0.137. The van der Waals surface area contributed by atoms with E-state index in [1.165, 1.54) is 6.07 Å². The van der Waals surface area contributed by atoms with Crippen LogP contribution in [0.15, 0.2) is 42.6 Å². The van der Waals surface area contributed by atoms with Gasteiger partial charge in [-0.25, -0.2) is 9.78 Å². The molecule has 1 saturated heterocycles. The van der Waals surface area contributed by atoms with Crippen LogP contribution >= 0.6 is 0 Å². The van der Waals surface area contributed by atoms with Crippen molar-refractivity contribution < 1.29 is 23.1 Å². The van der Waals surface area contributed by atoms with Crippen LogP contribution in [0.25, 0.3) is 0 Å². The van der Waals surface area contributed by atoms with E-state index >= 15 is 0 Å². The van der Waals surface area contributed by atoms with E-state index in [-0.39, 0.29) is 5.56 Å². The standard InChI is InChI=1S/C19H20F3N3O2/c20-19(21,22)15-5-6-17(24-12-15)25-9-7-16(8-10-25)23-11-13-1-3-14(4-2-13)18(26)27/h1-6,12,16,23H,7-11H2,(H,26,27). The number of aromatic nitrogens is 1. The summed E-state index contributed by atoms with van der Waals surface area (Å²) in [6.07, 6.45) is -1.78. The summed E-state index contributed by atoms with van der Waals surface area (Å²) < 4.78 is 37.8. The summed E-state index contributed by atoms with van der Waals surface area (Å²) in [6, 6.07) is 9.52. The molecule has 0 aliphatic carbocycles. The van der Waals surface area contributed by atoms with Gasteiger partial charge in [-0.3, -0.25) is 0 Å². The number of benzene rings is 1. The van der Waals surface area contributed by atoms with E-state index in [0.717, 1.165) is 30.7 Å². The van der Waals surface area contributed by atoms with Crippen LogP contribution in [0, 0.1) is 0 Å². The SMILES string of the molecule is O=C(O)c1ccc(CNC2CCN(c3ccc(C(F)(F)F)cn3)CC2)cc1. The highest BCUT2D eigenvalue weighted by Gasteiger charge is 2.31. The normalized spacial score (nSPS) is 15.7. The molecule has 1 aromatic carbocycles. The van der Waals surface area contributed by atoms with Crippen LogP contribution in [0.2, 0.25) is 0 Å². The first-order chi connectivity index (χ1) is 12.8. The summed E-state index contributed by atoms with van der Waals surface area (Å²) in [6.45, 7) is 2.07. The van der Waals surface area contributed by atoms with Crippen molar-refractivity contribution in [1.82, 2.24) is 10.3 Å². The van der Waals surface area contributed by atoms with E-state index in [9.17, 15) is 18.0 Å². The third-order valence-electron chi connectivity index (χ3n) is 4.69. The van der Waals surface area contributed by atoms with E-state index < -0.39 is 17.7 Å². The van der Waals surface area contributed by atoms with Crippen molar-refractivity contribution in [1.29, 1.82) is 0 Å². The third-order valence-corrected chi connectivity index (χ3v) is 4.69. The van der Waals surface area contributed by atoms with Gasteiger partial charge in [0.1, 0.15) is 5.82 Å². The van der Waals surface area contributed by atoms with Crippen molar-refractivity contribution in [2.24, 2.45) is 0 Å². The Kier molecular flexibility index (Phi) is 5.65. The number of hydrogen-bond acceptors (Lipinski definition) is 4. The fourth-order valence-electron chi connectivity index (χ4n) is 3.08. The Hall–Kier alpha value is -2.61. The molecule has 0 unspecified atom stereocenters. The summed E-state index contributed by atoms with van der Waals surface area (Å²) in [4.78, 5) is 16.8. The van der Waals surface area contributed by atoms with Gasteiger partial charge in [0.05, 0.1) is 11.1 Å². The van der Waals surface area contributed by atoms with Gasteiger partial charge < -0.3 is 15.3 Å². The van der Waals surface area contributed by atoms with E-state index in [2.05, 4.69) is 10.3 Å². The molecule has 2 aromatic rings. The number of alkyl halides is 3. The molecule has 2 heterocycles. The number of carbonyl (C=O) groups is 1. The number of anilines is 1. The maximum absolute atomic E-state index is 12.6. The van der Waals surface area contributed by atoms with Gasteiger partial charge in [-0.2, -0.15) is 13.2 Å². The molecule has 2 N–H and O–H groups in total. The number of piperidine rings is 1. The Morgan fingerprint density at radius 2 is 1.81 bits per heavy atom. The largest absolute Gasteiger partial charge is 0.478 e. The first kappa shape index (κ1) is 19.2. The molecule has 8 heteroatoms. The Morgan fingerprint density at radius 1 is 1.15 bits per heavy atom. The van der Waals surface area contributed by atoms with Gasteiger partial charge >= 0.3 is 12.1 Å². The Bertz CT molecular complexity index is 768. The Morgan fingerprint density at radius 3 is 2.33 bits per heavy atom. The molecule has 0 amide bonds. The molecule has 1 aliphatic heterocycles. The second-order valence-corrected chi connectivity index (χ2v) is 6.55. The third kappa shape index (κ3) is 4.97. The average molecular weight is 379 g/mol. The topological polar surface area (TPSA) is 65.5 Å². The Labute approximate surface area is 154 Å². The Balaban J connectivity index is 1.48. The van der Waals surface area contributed by atoms with Crippen molar-refractivity contribution in [2.45, 2.75) is 31.6 Å². The number of carboxylic acids is 1. The maximum atomic E-state index is 12.6. The van der Waals surface area contributed by atoms with Gasteiger partial charge in [-0.1, -0.05) is 12.1 Å². The number of hydrogen-bond donors (Lipinski definition) is 2. The zero-order valence-electron chi connectivity index (χ0n) is 14.5. The van der Waals surface area contributed by atoms with Crippen LogP contribution in [-0.2, 0) is 12.7 Å². The molecule has 0 atom stereocenters. The van der Waals surface area contributed by atoms with Gasteiger partial charge in [0.25, 0.3) is 0 Å². The highest BCUT2D eigenvalue weighted by Crippen LogP contribution is 2.29. The van der Waals surface area contributed by atoms with E-state index in [1.54, 1.807) is 24.3 Å². The predicted molar refractivity (Wildman–Crippen MR) is 94.7 cm³/mol. The summed E-state index contributed by atoms with van der Waals surface area (Å²) in [7, 11) is 0. The molecule has 1 aromatic heterocycles. The lowest BCUT2D eigenvalue weighted by atomic mass is 10.0. The van der Waals surface area contributed by atoms with Crippen molar-refractivity contribution in [3.63, 3.8) is 0 Å². The molecule has 144 valence electrons. The van der Waals surface area contributed by atoms with Gasteiger partial charge in [-0.05, 0) is 42.7 Å². The molecule has 27 heavy (non-hydrogen) atoms.